The Morgan fingerprint density at radius 2 is 2.10 bits per heavy atom. The number of carbonyl (C=O) groups is 1. The molecule has 0 saturated heterocycles. The van der Waals surface area contributed by atoms with E-state index in [1.54, 1.807) is 17.6 Å². The van der Waals surface area contributed by atoms with Gasteiger partial charge >= 0.3 is 5.97 Å². The molecule has 0 saturated carbocycles. The van der Waals surface area contributed by atoms with Crippen LogP contribution in [0.15, 0.2) is 44.3 Å². The minimum Gasteiger partial charge on any atom is -0.502 e. The van der Waals surface area contributed by atoms with Crippen LogP contribution in [0.25, 0.3) is 10.9 Å². The Hall–Kier alpha value is -3.35. The molecule has 2 aromatic heterocycles. The van der Waals surface area contributed by atoms with Gasteiger partial charge in [0.2, 0.25) is 11.2 Å². The molecule has 0 spiro atoms. The molecule has 0 bridgehead atoms. The highest BCUT2D eigenvalue weighted by atomic mass is 16.5. The van der Waals surface area contributed by atoms with Crippen molar-refractivity contribution in [1.82, 2.24) is 4.57 Å². The van der Waals surface area contributed by atoms with Crippen molar-refractivity contribution < 1.29 is 19.1 Å². The van der Waals surface area contributed by atoms with Crippen molar-refractivity contribution >= 4 is 16.9 Å². The van der Waals surface area contributed by atoms with E-state index in [1.165, 1.54) is 7.11 Å². The molecule has 0 unspecified atom stereocenters. The first-order valence-corrected chi connectivity index (χ1v) is 9.46. The molecule has 1 N–H and O–H groups in total. The van der Waals surface area contributed by atoms with Gasteiger partial charge in [-0.05, 0) is 36.8 Å². The van der Waals surface area contributed by atoms with E-state index in [2.05, 4.69) is 0 Å². The fourth-order valence-electron chi connectivity index (χ4n) is 4.09. The third-order valence-electron chi connectivity index (χ3n) is 5.41. The van der Waals surface area contributed by atoms with Crippen LogP contribution >= 0.6 is 0 Å². The minimum absolute atomic E-state index is 0.100. The maximum atomic E-state index is 13.4. The molecule has 7 heteroatoms. The van der Waals surface area contributed by atoms with Crippen LogP contribution in [0.3, 0.4) is 0 Å². The summed E-state index contributed by atoms with van der Waals surface area (Å²) in [5, 5.41) is 11.2. The highest BCUT2D eigenvalue weighted by molar-refractivity contribution is 5.84. The third kappa shape index (κ3) is 3.22. The first-order chi connectivity index (χ1) is 13.9. The van der Waals surface area contributed by atoms with Crippen LogP contribution in [-0.2, 0) is 22.5 Å². The van der Waals surface area contributed by atoms with Crippen molar-refractivity contribution in [2.75, 3.05) is 7.11 Å². The molecule has 4 rings (SSSR count). The summed E-state index contributed by atoms with van der Waals surface area (Å²) >= 11 is 0. The zero-order valence-electron chi connectivity index (χ0n) is 16.2. The predicted octanol–water partition coefficient (Wildman–Crippen LogP) is 2.61. The summed E-state index contributed by atoms with van der Waals surface area (Å²) in [6.07, 6.45) is 1.49. The van der Waals surface area contributed by atoms with Crippen molar-refractivity contribution in [2.24, 2.45) is 0 Å². The largest absolute Gasteiger partial charge is 0.502 e. The van der Waals surface area contributed by atoms with E-state index in [-0.39, 0.29) is 29.1 Å². The van der Waals surface area contributed by atoms with Crippen molar-refractivity contribution in [3.63, 3.8) is 0 Å². The van der Waals surface area contributed by atoms with Gasteiger partial charge in [0.25, 0.3) is 5.56 Å². The number of rotatable bonds is 4. The van der Waals surface area contributed by atoms with Gasteiger partial charge in [-0.3, -0.25) is 14.4 Å². The Labute approximate surface area is 166 Å². The molecule has 7 nitrogen and oxygen atoms in total. The molecular formula is C22H21NO6. The molecule has 1 aliphatic rings. The van der Waals surface area contributed by atoms with Gasteiger partial charge in [-0.2, -0.15) is 0 Å². The molecule has 150 valence electrons. The number of aromatic nitrogens is 1. The van der Waals surface area contributed by atoms with E-state index >= 15 is 0 Å². The number of benzene rings is 1. The lowest BCUT2D eigenvalue weighted by Gasteiger charge is -2.23. The number of methoxy groups -OCH3 is 1. The summed E-state index contributed by atoms with van der Waals surface area (Å²) in [5.41, 5.74) is 1.39. The molecule has 1 atom stereocenters. The fraction of sp³-hybridized carbons (Fsp3) is 0.318. The number of pyridine rings is 1. The molecule has 3 aromatic rings. The van der Waals surface area contributed by atoms with Crippen LogP contribution in [0.4, 0.5) is 0 Å². The molecule has 0 radical (unpaired) electrons. The highest BCUT2D eigenvalue weighted by Gasteiger charge is 2.30. The molecule has 29 heavy (non-hydrogen) atoms. The minimum atomic E-state index is -0.943. The Balaban J connectivity index is 2.01. The van der Waals surface area contributed by atoms with Crippen LogP contribution < -0.4 is 11.0 Å². The maximum Gasteiger partial charge on any atom is 0.306 e. The maximum absolute atomic E-state index is 13.4. The fourth-order valence-corrected chi connectivity index (χ4v) is 4.09. The van der Waals surface area contributed by atoms with E-state index < -0.39 is 23.1 Å². The van der Waals surface area contributed by atoms with Gasteiger partial charge in [0.15, 0.2) is 5.76 Å². The number of aryl methyl sites for hydroxylation is 3. The number of nitrogens with zero attached hydrogens (tertiary/aromatic N) is 1. The van der Waals surface area contributed by atoms with Crippen LogP contribution in [0, 0.1) is 6.92 Å². The predicted molar refractivity (Wildman–Crippen MR) is 106 cm³/mol. The van der Waals surface area contributed by atoms with Crippen LogP contribution in [-0.4, -0.2) is 22.8 Å². The quantitative estimate of drug-likeness (QED) is 0.682. The number of hydrogen-bond donors (Lipinski definition) is 1. The summed E-state index contributed by atoms with van der Waals surface area (Å²) in [5.74, 6) is -1.94. The number of esters is 1. The van der Waals surface area contributed by atoms with E-state index in [1.807, 2.05) is 18.2 Å². The Bertz CT molecular complexity index is 1240. The Morgan fingerprint density at radius 3 is 2.86 bits per heavy atom. The zero-order valence-corrected chi connectivity index (χ0v) is 16.2. The molecular weight excluding hydrogens is 374 g/mol. The zero-order chi connectivity index (χ0) is 20.7. The van der Waals surface area contributed by atoms with Crippen LogP contribution in [0.2, 0.25) is 0 Å². The van der Waals surface area contributed by atoms with E-state index in [0.717, 1.165) is 35.4 Å². The van der Waals surface area contributed by atoms with Crippen molar-refractivity contribution in [3.8, 4) is 5.75 Å². The molecule has 3 heterocycles. The third-order valence-corrected chi connectivity index (χ3v) is 5.41. The second kappa shape index (κ2) is 7.24. The molecule has 0 fully saturated rings. The lowest BCUT2D eigenvalue weighted by molar-refractivity contribution is -0.140. The summed E-state index contributed by atoms with van der Waals surface area (Å²) in [4.78, 5) is 37.6. The number of para-hydroxylation sites is 1. The normalized spacial score (nSPS) is 14.0. The number of aromatic hydroxyl groups is 1. The topological polar surface area (TPSA) is 98.7 Å². The van der Waals surface area contributed by atoms with Crippen LogP contribution in [0.5, 0.6) is 5.75 Å². The first kappa shape index (κ1) is 19.0. The lowest BCUT2D eigenvalue weighted by Crippen LogP contribution is -2.30. The van der Waals surface area contributed by atoms with Gasteiger partial charge in [-0.1, -0.05) is 18.2 Å². The van der Waals surface area contributed by atoms with Gasteiger partial charge < -0.3 is 18.8 Å². The van der Waals surface area contributed by atoms with Crippen molar-refractivity contribution in [1.29, 1.82) is 0 Å². The second-order valence-corrected chi connectivity index (χ2v) is 7.28. The SMILES string of the molecule is COC(=O)C[C@H](c1oc(C)cc(=O)c1O)c1cc2cccc3c2n(c1=O)CCC3. The molecule has 0 amide bonds. The van der Waals surface area contributed by atoms with Gasteiger partial charge in [0.1, 0.15) is 5.76 Å². The molecule has 0 aliphatic carbocycles. The lowest BCUT2D eigenvalue weighted by atomic mass is 9.90. The number of ether oxygens (including phenoxy) is 1. The highest BCUT2D eigenvalue weighted by Crippen LogP contribution is 2.34. The average molecular weight is 395 g/mol. The summed E-state index contributed by atoms with van der Waals surface area (Å²) in [6, 6.07) is 8.73. The van der Waals surface area contributed by atoms with Gasteiger partial charge in [-0.15, -0.1) is 0 Å². The van der Waals surface area contributed by atoms with E-state index in [0.29, 0.717) is 6.54 Å². The van der Waals surface area contributed by atoms with Crippen molar-refractivity contribution in [2.45, 2.75) is 38.6 Å². The summed E-state index contributed by atoms with van der Waals surface area (Å²) < 4.78 is 12.1. The summed E-state index contributed by atoms with van der Waals surface area (Å²) in [6.45, 7) is 2.14. The van der Waals surface area contributed by atoms with Crippen LogP contribution in [0.1, 0.15) is 41.4 Å². The van der Waals surface area contributed by atoms with Gasteiger partial charge in [0, 0.05) is 18.2 Å². The standard InChI is InChI=1S/C22H21NO6/c1-12-9-17(24)20(26)21(29-12)15(11-18(25)28-2)16-10-14-6-3-5-13-7-4-8-23(19(13)14)22(16)27/h3,5-6,9-10,15,26H,4,7-8,11H2,1-2H3/t15-/m0/s1. The monoisotopic (exact) mass is 395 g/mol. The Morgan fingerprint density at radius 1 is 1.31 bits per heavy atom. The smallest absolute Gasteiger partial charge is 0.306 e. The average Bonchev–Trinajstić information content (AvgIpc) is 2.71. The van der Waals surface area contributed by atoms with Gasteiger partial charge in [-0.25, -0.2) is 0 Å². The van der Waals surface area contributed by atoms with Crippen molar-refractivity contribution in [3.05, 3.63) is 73.6 Å². The van der Waals surface area contributed by atoms with Gasteiger partial charge in [0.05, 0.1) is 25.0 Å². The number of carbonyl (C=O) groups excluding carboxylic acids is 1. The second-order valence-electron chi connectivity index (χ2n) is 7.28. The first-order valence-electron chi connectivity index (χ1n) is 9.46. The number of hydrogen-bond acceptors (Lipinski definition) is 6. The molecule has 1 aromatic carbocycles. The van der Waals surface area contributed by atoms with E-state index in [9.17, 15) is 19.5 Å². The molecule has 1 aliphatic heterocycles. The summed E-state index contributed by atoms with van der Waals surface area (Å²) in [7, 11) is 1.24. The van der Waals surface area contributed by atoms with E-state index in [4.69, 9.17) is 9.15 Å². The Kier molecular flexibility index (Phi) is 4.74.